The molecule has 86 valence electrons. The molecule has 15 heavy (non-hydrogen) atoms. The van der Waals surface area contributed by atoms with Gasteiger partial charge < -0.3 is 5.32 Å². The van der Waals surface area contributed by atoms with Crippen LogP contribution in [-0.2, 0) is 10.0 Å². The van der Waals surface area contributed by atoms with Crippen molar-refractivity contribution in [2.75, 3.05) is 31.7 Å². The van der Waals surface area contributed by atoms with Crippen LogP contribution in [0.3, 0.4) is 0 Å². The van der Waals surface area contributed by atoms with E-state index in [0.717, 1.165) is 0 Å². The van der Waals surface area contributed by atoms with E-state index in [9.17, 15) is 8.42 Å². The largest absolute Gasteiger partial charge is 0.360 e. The number of aromatic nitrogens is 1. The lowest BCUT2D eigenvalue weighted by Gasteiger charge is -2.10. The van der Waals surface area contributed by atoms with Crippen LogP contribution < -0.4 is 5.32 Å². The summed E-state index contributed by atoms with van der Waals surface area (Å²) in [6.07, 6.45) is 0. The minimum atomic E-state index is -3.15. The Morgan fingerprint density at radius 3 is 2.73 bits per heavy atom. The second-order valence-corrected chi connectivity index (χ2v) is 6.55. The number of hydrogen-bond donors (Lipinski definition) is 1. The number of halogens is 1. The van der Waals surface area contributed by atoms with Gasteiger partial charge in [-0.2, -0.15) is 0 Å². The van der Waals surface area contributed by atoms with Crippen LogP contribution in [0.15, 0.2) is 5.38 Å². The van der Waals surface area contributed by atoms with Crippen LogP contribution in [0, 0.1) is 0 Å². The maximum absolute atomic E-state index is 11.4. The molecule has 5 nitrogen and oxygen atoms in total. The molecule has 0 amide bonds. The van der Waals surface area contributed by atoms with Gasteiger partial charge in [0.1, 0.15) is 5.15 Å². The average Bonchev–Trinajstić information content (AvgIpc) is 2.51. The van der Waals surface area contributed by atoms with E-state index in [1.165, 1.54) is 29.7 Å². The van der Waals surface area contributed by atoms with Gasteiger partial charge in [0.15, 0.2) is 5.13 Å². The fourth-order valence-electron chi connectivity index (χ4n) is 0.805. The summed E-state index contributed by atoms with van der Waals surface area (Å²) in [5.74, 6) is 0.0389. The summed E-state index contributed by atoms with van der Waals surface area (Å²) < 4.78 is 23.9. The smallest absolute Gasteiger partial charge is 0.215 e. The maximum atomic E-state index is 11.4. The number of rotatable bonds is 5. The fraction of sp³-hybridized carbons (Fsp3) is 0.571. The predicted octanol–water partition coefficient (Wildman–Crippen LogP) is 1.10. The summed E-state index contributed by atoms with van der Waals surface area (Å²) >= 11 is 6.96. The first-order valence-electron chi connectivity index (χ1n) is 4.17. The number of nitrogens with zero attached hydrogens (tertiary/aromatic N) is 2. The van der Waals surface area contributed by atoms with E-state index >= 15 is 0 Å². The van der Waals surface area contributed by atoms with Gasteiger partial charge in [-0.05, 0) is 0 Å². The summed E-state index contributed by atoms with van der Waals surface area (Å²) in [7, 11) is -0.128. The van der Waals surface area contributed by atoms with Gasteiger partial charge in [-0.25, -0.2) is 17.7 Å². The number of anilines is 1. The molecule has 0 aliphatic carbocycles. The lowest BCUT2D eigenvalue weighted by atomic mass is 10.7. The van der Waals surface area contributed by atoms with Gasteiger partial charge in [-0.3, -0.25) is 0 Å². The molecule has 0 aliphatic heterocycles. The Balaban J connectivity index is 2.40. The number of hydrogen-bond acceptors (Lipinski definition) is 5. The third-order valence-corrected chi connectivity index (χ3v) is 4.62. The van der Waals surface area contributed by atoms with Crippen molar-refractivity contribution in [3.8, 4) is 0 Å². The molecule has 1 rings (SSSR count). The summed E-state index contributed by atoms with van der Waals surface area (Å²) in [5, 5.41) is 5.63. The Kier molecular flexibility index (Phi) is 4.32. The molecule has 1 aromatic heterocycles. The highest BCUT2D eigenvalue weighted by Gasteiger charge is 2.12. The van der Waals surface area contributed by atoms with Crippen molar-refractivity contribution in [3.63, 3.8) is 0 Å². The van der Waals surface area contributed by atoms with E-state index in [4.69, 9.17) is 11.6 Å². The number of nitrogens with one attached hydrogen (secondary N) is 1. The van der Waals surface area contributed by atoms with Gasteiger partial charge in [-0.15, -0.1) is 11.3 Å². The van der Waals surface area contributed by atoms with Gasteiger partial charge in [0.25, 0.3) is 0 Å². The molecular formula is C7H12ClN3O2S2. The van der Waals surface area contributed by atoms with Crippen LogP contribution in [0.1, 0.15) is 0 Å². The van der Waals surface area contributed by atoms with E-state index in [-0.39, 0.29) is 5.75 Å². The minimum absolute atomic E-state index is 0.0389. The Bertz CT molecular complexity index is 416. The van der Waals surface area contributed by atoms with Gasteiger partial charge >= 0.3 is 0 Å². The molecule has 0 saturated heterocycles. The normalized spacial score (nSPS) is 12.0. The Hall–Kier alpha value is -0.370. The standard InChI is InChI=1S/C7H12ClN3O2S2/c1-11(2)15(12,13)4-3-9-7-10-6(8)5-14-7/h5H,3-4H2,1-2H3,(H,9,10). The molecule has 1 N–H and O–H groups in total. The van der Waals surface area contributed by atoms with E-state index in [0.29, 0.717) is 16.8 Å². The molecule has 8 heteroatoms. The topological polar surface area (TPSA) is 62.3 Å². The molecule has 0 spiro atoms. The zero-order valence-corrected chi connectivity index (χ0v) is 10.8. The lowest BCUT2D eigenvalue weighted by Crippen LogP contribution is -2.28. The van der Waals surface area contributed by atoms with E-state index < -0.39 is 10.0 Å². The van der Waals surface area contributed by atoms with Gasteiger partial charge in [-0.1, -0.05) is 11.6 Å². The Morgan fingerprint density at radius 1 is 1.60 bits per heavy atom. The van der Waals surface area contributed by atoms with Crippen molar-refractivity contribution >= 4 is 38.1 Å². The van der Waals surface area contributed by atoms with Crippen molar-refractivity contribution in [1.82, 2.24) is 9.29 Å². The van der Waals surface area contributed by atoms with Gasteiger partial charge in [0.05, 0.1) is 5.75 Å². The second kappa shape index (κ2) is 5.11. The first-order chi connectivity index (χ1) is 6.92. The molecule has 0 bridgehead atoms. The van der Waals surface area contributed by atoms with Crippen molar-refractivity contribution in [2.45, 2.75) is 0 Å². The van der Waals surface area contributed by atoms with Crippen molar-refractivity contribution in [1.29, 1.82) is 0 Å². The fourth-order valence-corrected chi connectivity index (χ4v) is 2.40. The Morgan fingerprint density at radius 2 is 2.27 bits per heavy atom. The molecule has 0 aromatic carbocycles. The Labute approximate surface area is 98.1 Å². The SMILES string of the molecule is CN(C)S(=O)(=O)CCNc1nc(Cl)cs1. The van der Waals surface area contributed by atoms with Gasteiger partial charge in [0, 0.05) is 26.0 Å². The molecule has 1 aromatic rings. The summed E-state index contributed by atoms with van der Waals surface area (Å²) in [5.41, 5.74) is 0. The molecule has 0 radical (unpaired) electrons. The van der Waals surface area contributed by atoms with Crippen LogP contribution >= 0.6 is 22.9 Å². The maximum Gasteiger partial charge on any atom is 0.215 e. The monoisotopic (exact) mass is 269 g/mol. The first kappa shape index (κ1) is 12.7. The molecular weight excluding hydrogens is 258 g/mol. The van der Waals surface area contributed by atoms with Crippen molar-refractivity contribution < 1.29 is 8.42 Å². The van der Waals surface area contributed by atoms with E-state index in [1.807, 2.05) is 0 Å². The van der Waals surface area contributed by atoms with Crippen LogP contribution in [0.25, 0.3) is 0 Å². The number of sulfonamides is 1. The highest BCUT2D eigenvalue weighted by atomic mass is 35.5. The van der Waals surface area contributed by atoms with Gasteiger partial charge in [0.2, 0.25) is 10.0 Å². The summed E-state index contributed by atoms with van der Waals surface area (Å²) in [6, 6.07) is 0. The lowest BCUT2D eigenvalue weighted by molar-refractivity contribution is 0.521. The summed E-state index contributed by atoms with van der Waals surface area (Å²) in [6.45, 7) is 0.324. The highest BCUT2D eigenvalue weighted by molar-refractivity contribution is 7.89. The van der Waals surface area contributed by atoms with Crippen LogP contribution in [0.2, 0.25) is 5.15 Å². The minimum Gasteiger partial charge on any atom is -0.360 e. The second-order valence-electron chi connectivity index (χ2n) is 3.00. The quantitative estimate of drug-likeness (QED) is 0.870. The average molecular weight is 270 g/mol. The van der Waals surface area contributed by atoms with E-state index in [1.54, 1.807) is 5.38 Å². The van der Waals surface area contributed by atoms with Crippen molar-refractivity contribution in [2.24, 2.45) is 0 Å². The predicted molar refractivity (Wildman–Crippen MR) is 63.1 cm³/mol. The molecule has 0 saturated carbocycles. The molecule has 0 aliphatic rings. The molecule has 0 unspecified atom stereocenters. The number of thiazole rings is 1. The van der Waals surface area contributed by atoms with Crippen LogP contribution in [-0.4, -0.2) is 44.1 Å². The van der Waals surface area contributed by atoms with Crippen LogP contribution in [0.5, 0.6) is 0 Å². The van der Waals surface area contributed by atoms with Crippen molar-refractivity contribution in [3.05, 3.63) is 10.5 Å². The third-order valence-electron chi connectivity index (χ3n) is 1.67. The summed E-state index contributed by atoms with van der Waals surface area (Å²) in [4.78, 5) is 3.94. The first-order valence-corrected chi connectivity index (χ1v) is 7.03. The highest BCUT2D eigenvalue weighted by Crippen LogP contribution is 2.18. The van der Waals surface area contributed by atoms with Crippen LogP contribution in [0.4, 0.5) is 5.13 Å². The molecule has 1 heterocycles. The zero-order valence-electron chi connectivity index (χ0n) is 8.40. The molecule has 0 fully saturated rings. The van der Waals surface area contributed by atoms with E-state index in [2.05, 4.69) is 10.3 Å². The zero-order chi connectivity index (χ0) is 11.5. The molecule has 0 atom stereocenters. The third kappa shape index (κ3) is 3.94.